The first-order valence-electron chi connectivity index (χ1n) is 8.38. The Kier molecular flexibility index (Phi) is 4.55. The minimum atomic E-state index is -0.148. The van der Waals surface area contributed by atoms with Gasteiger partial charge in [0, 0.05) is 11.3 Å². The van der Waals surface area contributed by atoms with Crippen molar-refractivity contribution in [1.29, 1.82) is 0 Å². The lowest BCUT2D eigenvalue weighted by Gasteiger charge is -2.05. The van der Waals surface area contributed by atoms with Gasteiger partial charge in [-0.1, -0.05) is 6.07 Å². The lowest BCUT2D eigenvalue weighted by Crippen LogP contribution is -2.15. The van der Waals surface area contributed by atoms with Crippen LogP contribution in [0.3, 0.4) is 0 Å². The molecule has 8 heteroatoms. The van der Waals surface area contributed by atoms with Crippen LogP contribution >= 0.6 is 11.3 Å². The summed E-state index contributed by atoms with van der Waals surface area (Å²) in [6.45, 7) is 3.67. The number of carbonyl (C=O) groups is 1. The molecule has 0 radical (unpaired) electrons. The van der Waals surface area contributed by atoms with Crippen molar-refractivity contribution in [3.05, 3.63) is 59.1 Å². The summed E-state index contributed by atoms with van der Waals surface area (Å²) in [6.07, 6.45) is 0.155. The standard InChI is InChI=1S/C19H17N5O2S/c1-11-15(22-19(26-11)16-4-3-9-27-16)10-17(25)21-14-7-5-13(6-8-14)18-20-12(2)23-24-18/h3-9H,10H2,1-2H3,(H,21,25)(H,20,23,24). The molecule has 4 aromatic rings. The molecule has 0 unspecified atom stereocenters. The number of H-pyrrole nitrogens is 1. The summed E-state index contributed by atoms with van der Waals surface area (Å²) in [4.78, 5) is 22.1. The summed E-state index contributed by atoms with van der Waals surface area (Å²) in [6, 6.07) is 11.3. The Bertz CT molecular complexity index is 1060. The fraction of sp³-hybridized carbons (Fsp3) is 0.158. The number of amides is 1. The van der Waals surface area contributed by atoms with E-state index < -0.39 is 0 Å². The smallest absolute Gasteiger partial charge is 0.236 e. The largest absolute Gasteiger partial charge is 0.440 e. The van der Waals surface area contributed by atoms with Crippen molar-refractivity contribution in [3.8, 4) is 22.2 Å². The average molecular weight is 379 g/mol. The number of benzene rings is 1. The van der Waals surface area contributed by atoms with Gasteiger partial charge in [0.15, 0.2) is 5.82 Å². The molecule has 0 fully saturated rings. The van der Waals surface area contributed by atoms with E-state index in [9.17, 15) is 4.79 Å². The zero-order valence-corrected chi connectivity index (χ0v) is 15.6. The molecule has 0 aliphatic carbocycles. The van der Waals surface area contributed by atoms with Crippen molar-refractivity contribution in [2.75, 3.05) is 5.32 Å². The van der Waals surface area contributed by atoms with Crippen molar-refractivity contribution in [3.63, 3.8) is 0 Å². The molecule has 4 rings (SSSR count). The number of carbonyl (C=O) groups excluding carboxylic acids is 1. The Balaban J connectivity index is 1.42. The quantitative estimate of drug-likeness (QED) is 0.546. The third-order valence-electron chi connectivity index (χ3n) is 3.98. The second-order valence-corrected chi connectivity index (χ2v) is 6.99. The van der Waals surface area contributed by atoms with Gasteiger partial charge in [0.1, 0.15) is 11.6 Å². The highest BCUT2D eigenvalue weighted by molar-refractivity contribution is 7.13. The maximum atomic E-state index is 12.4. The molecule has 3 aromatic heterocycles. The Morgan fingerprint density at radius 1 is 1.19 bits per heavy atom. The molecule has 0 saturated heterocycles. The van der Waals surface area contributed by atoms with Crippen LogP contribution in [0.15, 0.2) is 46.2 Å². The predicted molar refractivity (Wildman–Crippen MR) is 103 cm³/mol. The Morgan fingerprint density at radius 3 is 2.67 bits per heavy atom. The zero-order chi connectivity index (χ0) is 18.8. The van der Waals surface area contributed by atoms with Gasteiger partial charge in [-0.05, 0) is 49.6 Å². The van der Waals surface area contributed by atoms with E-state index in [0.29, 0.717) is 28.9 Å². The first-order chi connectivity index (χ1) is 13.1. The topological polar surface area (TPSA) is 96.7 Å². The van der Waals surface area contributed by atoms with E-state index in [1.54, 1.807) is 11.3 Å². The highest BCUT2D eigenvalue weighted by Gasteiger charge is 2.15. The van der Waals surface area contributed by atoms with Gasteiger partial charge in [-0.25, -0.2) is 9.97 Å². The number of hydrogen-bond acceptors (Lipinski definition) is 6. The number of hydrogen-bond donors (Lipinski definition) is 2. The molecule has 0 saturated carbocycles. The fourth-order valence-electron chi connectivity index (χ4n) is 2.63. The number of rotatable bonds is 5. The van der Waals surface area contributed by atoms with E-state index in [2.05, 4.69) is 25.5 Å². The Morgan fingerprint density at radius 2 is 2.00 bits per heavy atom. The molecule has 136 valence electrons. The molecule has 0 aliphatic heterocycles. The molecule has 2 N–H and O–H groups in total. The molecule has 0 aliphatic rings. The van der Waals surface area contributed by atoms with Crippen LogP contribution in [0.4, 0.5) is 5.69 Å². The van der Waals surface area contributed by atoms with Gasteiger partial charge in [0.2, 0.25) is 11.8 Å². The first kappa shape index (κ1) is 17.2. The second-order valence-electron chi connectivity index (χ2n) is 6.05. The number of aromatic amines is 1. The van der Waals surface area contributed by atoms with Gasteiger partial charge in [0.05, 0.1) is 17.0 Å². The maximum absolute atomic E-state index is 12.4. The second kappa shape index (κ2) is 7.16. The summed E-state index contributed by atoms with van der Waals surface area (Å²) in [5.74, 6) is 2.45. The third kappa shape index (κ3) is 3.80. The van der Waals surface area contributed by atoms with Crippen LogP contribution in [0.5, 0.6) is 0 Å². The summed E-state index contributed by atoms with van der Waals surface area (Å²) in [5, 5.41) is 11.8. The van der Waals surface area contributed by atoms with Gasteiger partial charge in [-0.2, -0.15) is 5.10 Å². The lowest BCUT2D eigenvalue weighted by molar-refractivity contribution is -0.115. The molecule has 1 aromatic carbocycles. The van der Waals surface area contributed by atoms with Crippen molar-refractivity contribution in [1.82, 2.24) is 20.2 Å². The molecule has 27 heavy (non-hydrogen) atoms. The maximum Gasteiger partial charge on any atom is 0.236 e. The SMILES string of the molecule is Cc1nc(-c2ccc(NC(=O)Cc3nc(-c4cccs4)oc3C)cc2)n[nH]1. The van der Waals surface area contributed by atoms with Crippen LogP contribution in [0.25, 0.3) is 22.2 Å². The van der Waals surface area contributed by atoms with E-state index in [1.807, 2.05) is 55.6 Å². The summed E-state index contributed by atoms with van der Waals surface area (Å²) in [7, 11) is 0. The van der Waals surface area contributed by atoms with E-state index in [1.165, 1.54) is 0 Å². The molecule has 0 spiro atoms. The minimum Gasteiger partial charge on any atom is -0.440 e. The van der Waals surface area contributed by atoms with Gasteiger partial charge in [0.25, 0.3) is 0 Å². The van der Waals surface area contributed by atoms with Gasteiger partial charge < -0.3 is 9.73 Å². The number of thiophene rings is 1. The number of aryl methyl sites for hydroxylation is 2. The van der Waals surface area contributed by atoms with Gasteiger partial charge in [-0.15, -0.1) is 11.3 Å². The van der Waals surface area contributed by atoms with Crippen molar-refractivity contribution < 1.29 is 9.21 Å². The Labute approximate surface area is 159 Å². The number of nitrogens with zero attached hydrogens (tertiary/aromatic N) is 3. The van der Waals surface area contributed by atoms with E-state index in [4.69, 9.17) is 4.42 Å². The predicted octanol–water partition coefficient (Wildman–Crippen LogP) is 3.99. The summed E-state index contributed by atoms with van der Waals surface area (Å²) >= 11 is 1.55. The normalized spacial score (nSPS) is 10.9. The highest BCUT2D eigenvalue weighted by atomic mass is 32.1. The van der Waals surface area contributed by atoms with Crippen molar-refractivity contribution in [2.24, 2.45) is 0 Å². The van der Waals surface area contributed by atoms with Crippen LogP contribution < -0.4 is 5.32 Å². The fourth-order valence-corrected chi connectivity index (χ4v) is 3.28. The number of nitrogens with one attached hydrogen (secondary N) is 2. The van der Waals surface area contributed by atoms with Crippen molar-refractivity contribution >= 4 is 22.9 Å². The monoisotopic (exact) mass is 379 g/mol. The first-order valence-corrected chi connectivity index (χ1v) is 9.26. The molecule has 0 bridgehead atoms. The lowest BCUT2D eigenvalue weighted by atomic mass is 10.2. The molecule has 1 amide bonds. The van der Waals surface area contributed by atoms with Crippen LogP contribution in [0.1, 0.15) is 17.3 Å². The van der Waals surface area contributed by atoms with E-state index >= 15 is 0 Å². The van der Waals surface area contributed by atoms with Crippen molar-refractivity contribution in [2.45, 2.75) is 20.3 Å². The van der Waals surface area contributed by atoms with Gasteiger partial charge >= 0.3 is 0 Å². The van der Waals surface area contributed by atoms with Crippen LogP contribution in [0, 0.1) is 13.8 Å². The average Bonchev–Trinajstić information content (AvgIpc) is 3.38. The van der Waals surface area contributed by atoms with Gasteiger partial charge in [-0.3, -0.25) is 9.89 Å². The minimum absolute atomic E-state index is 0.148. The molecule has 0 atom stereocenters. The number of anilines is 1. The third-order valence-corrected chi connectivity index (χ3v) is 4.83. The number of aromatic nitrogens is 4. The molecular weight excluding hydrogens is 362 g/mol. The van der Waals surface area contributed by atoms with Crippen LogP contribution in [0.2, 0.25) is 0 Å². The van der Waals surface area contributed by atoms with E-state index in [0.717, 1.165) is 16.3 Å². The van der Waals surface area contributed by atoms with Crippen LogP contribution in [-0.2, 0) is 11.2 Å². The summed E-state index contributed by atoms with van der Waals surface area (Å²) in [5.41, 5.74) is 2.23. The van der Waals surface area contributed by atoms with E-state index in [-0.39, 0.29) is 12.3 Å². The molecule has 7 nitrogen and oxygen atoms in total. The zero-order valence-electron chi connectivity index (χ0n) is 14.8. The Hall–Kier alpha value is -3.26. The number of oxazole rings is 1. The molecule has 3 heterocycles. The van der Waals surface area contributed by atoms with Crippen LogP contribution in [-0.4, -0.2) is 26.1 Å². The molecular formula is C19H17N5O2S. The highest BCUT2D eigenvalue weighted by Crippen LogP contribution is 2.26. The summed E-state index contributed by atoms with van der Waals surface area (Å²) < 4.78 is 5.68.